The second-order valence-electron chi connectivity index (χ2n) is 12.8. The monoisotopic (exact) mass is 685 g/mol. The fourth-order valence-corrected chi connectivity index (χ4v) is 7.71. The van der Waals surface area contributed by atoms with E-state index in [1.165, 1.54) is 5.56 Å². The molecule has 1 aliphatic carbocycles. The third-order valence-corrected chi connectivity index (χ3v) is 10.00. The van der Waals surface area contributed by atoms with Crippen molar-refractivity contribution >= 4 is 10.8 Å². The van der Waals surface area contributed by atoms with E-state index in [2.05, 4.69) is 96.0 Å². The summed E-state index contributed by atoms with van der Waals surface area (Å²) in [6.45, 7) is 0. The molecule has 8 aromatic carbocycles. The number of fused-ring (bicyclic) bond motifs is 4. The highest BCUT2D eigenvalue weighted by Crippen LogP contribution is 2.56. The minimum atomic E-state index is -0.614. The molecule has 9 aromatic rings. The van der Waals surface area contributed by atoms with Crippen molar-refractivity contribution in [3.05, 3.63) is 222 Å². The van der Waals surface area contributed by atoms with E-state index in [0.717, 1.165) is 44.3 Å². The molecule has 3 heteroatoms. The van der Waals surface area contributed by atoms with Crippen LogP contribution in [0.1, 0.15) is 36.0 Å². The van der Waals surface area contributed by atoms with Gasteiger partial charge in [0, 0.05) is 16.7 Å². The average Bonchev–Trinajstić information content (AvgIpc) is 3.62. The van der Waals surface area contributed by atoms with Crippen LogP contribution in [0.15, 0.2) is 200 Å². The predicted molar refractivity (Wildman–Crippen MR) is 216 cm³/mol. The van der Waals surface area contributed by atoms with E-state index in [9.17, 15) is 0 Å². The average molecular weight is 686 g/mol. The Kier molecular flexibility index (Phi) is 5.27. The molecule has 53 heavy (non-hydrogen) atoms. The largest absolute Gasteiger partial charge is 0.208 e. The first-order chi connectivity index (χ1) is 30.4. The van der Waals surface area contributed by atoms with Crippen LogP contribution in [-0.4, -0.2) is 15.0 Å². The molecular weight excluding hydrogens is 643 g/mol. The molecule has 3 nitrogen and oxygen atoms in total. The second kappa shape index (κ2) is 12.7. The SMILES string of the molecule is [2H]c1c([2H])c([2H])c(-c2nc(-c3c([2H])c([2H])c([2H])c([2H])c3[2H])nc(-c3cccc4ccc(-c5ccc6c(c5)C(c5ccccc5)(c5ccccc5)c5ccccc5-6)cc34)n2)c([2H])c1[2H]. The zero-order valence-corrected chi connectivity index (χ0v) is 28.1. The van der Waals surface area contributed by atoms with Gasteiger partial charge in [0.25, 0.3) is 0 Å². The molecule has 0 fully saturated rings. The topological polar surface area (TPSA) is 38.7 Å². The first-order valence-electron chi connectivity index (χ1n) is 22.2. The van der Waals surface area contributed by atoms with Crippen molar-refractivity contribution in [1.29, 1.82) is 0 Å². The predicted octanol–water partition coefficient (Wildman–Crippen LogP) is 12.1. The van der Waals surface area contributed by atoms with Gasteiger partial charge in [0.15, 0.2) is 17.5 Å². The first kappa shape index (κ1) is 22.1. The van der Waals surface area contributed by atoms with Crippen molar-refractivity contribution in [2.45, 2.75) is 5.41 Å². The molecular formula is C50H33N3. The molecule has 0 saturated heterocycles. The Morgan fingerprint density at radius 2 is 0.906 bits per heavy atom. The first-order valence-corrected chi connectivity index (χ1v) is 17.2. The number of nitrogens with zero attached hydrogens (tertiary/aromatic N) is 3. The normalized spacial score (nSPS) is 15.3. The van der Waals surface area contributed by atoms with E-state index in [4.69, 9.17) is 23.7 Å². The Morgan fingerprint density at radius 1 is 0.377 bits per heavy atom. The highest BCUT2D eigenvalue weighted by Gasteiger charge is 2.46. The number of rotatable bonds is 6. The van der Waals surface area contributed by atoms with Crippen LogP contribution >= 0.6 is 0 Å². The summed E-state index contributed by atoms with van der Waals surface area (Å²) in [7, 11) is 0. The van der Waals surface area contributed by atoms with Crippen LogP contribution in [0.25, 0.3) is 67.2 Å². The van der Waals surface area contributed by atoms with Crippen molar-refractivity contribution in [3.8, 4) is 56.4 Å². The smallest absolute Gasteiger partial charge is 0.164 e. The van der Waals surface area contributed by atoms with Crippen LogP contribution in [-0.2, 0) is 5.41 Å². The molecule has 1 aromatic heterocycles. The highest BCUT2D eigenvalue weighted by atomic mass is 15.0. The third kappa shape index (κ3) is 5.09. The van der Waals surface area contributed by atoms with Gasteiger partial charge < -0.3 is 0 Å². The molecule has 0 N–H and O–H groups in total. The number of aromatic nitrogens is 3. The molecule has 10 rings (SSSR count). The maximum absolute atomic E-state index is 8.76. The van der Waals surface area contributed by atoms with Gasteiger partial charge in [0.05, 0.1) is 19.1 Å². The summed E-state index contributed by atoms with van der Waals surface area (Å²) in [5, 5.41) is 1.53. The summed E-state index contributed by atoms with van der Waals surface area (Å²) in [5.41, 5.74) is 7.95. The Bertz CT molecular complexity index is 3170. The molecule has 0 saturated carbocycles. The van der Waals surface area contributed by atoms with Gasteiger partial charge in [-0.05, 0) is 67.4 Å². The zero-order chi connectivity index (χ0) is 43.9. The zero-order valence-electron chi connectivity index (χ0n) is 38.1. The van der Waals surface area contributed by atoms with Gasteiger partial charge in [-0.2, -0.15) is 0 Å². The Hall–Kier alpha value is -6.97. The van der Waals surface area contributed by atoms with Gasteiger partial charge in [0.1, 0.15) is 0 Å². The van der Waals surface area contributed by atoms with Gasteiger partial charge in [-0.25, -0.2) is 15.0 Å². The van der Waals surface area contributed by atoms with E-state index >= 15 is 0 Å². The molecule has 0 aliphatic heterocycles. The molecule has 0 spiro atoms. The van der Waals surface area contributed by atoms with Crippen LogP contribution < -0.4 is 0 Å². The van der Waals surface area contributed by atoms with E-state index in [0.29, 0.717) is 10.9 Å². The molecule has 0 bridgehead atoms. The molecule has 0 atom stereocenters. The number of hydrogen-bond acceptors (Lipinski definition) is 3. The summed E-state index contributed by atoms with van der Waals surface area (Å²) in [4.78, 5) is 13.9. The molecule has 248 valence electrons. The van der Waals surface area contributed by atoms with E-state index < -0.39 is 65.8 Å². The van der Waals surface area contributed by atoms with Gasteiger partial charge >= 0.3 is 0 Å². The lowest BCUT2D eigenvalue weighted by Gasteiger charge is -2.34. The van der Waals surface area contributed by atoms with Gasteiger partial charge in [-0.3, -0.25) is 0 Å². The second-order valence-corrected chi connectivity index (χ2v) is 12.8. The highest BCUT2D eigenvalue weighted by molar-refractivity contribution is 5.98. The van der Waals surface area contributed by atoms with Crippen LogP contribution in [0, 0.1) is 0 Å². The maximum atomic E-state index is 8.76. The molecule has 1 heterocycles. The molecule has 0 radical (unpaired) electrons. The van der Waals surface area contributed by atoms with E-state index in [-0.39, 0.29) is 28.6 Å². The van der Waals surface area contributed by atoms with Crippen molar-refractivity contribution in [2.75, 3.05) is 0 Å². The summed E-state index contributed by atoms with van der Waals surface area (Å²) in [5.74, 6) is -0.625. The molecule has 0 unspecified atom stereocenters. The fraction of sp³-hybridized carbons (Fsp3) is 0.0200. The Morgan fingerprint density at radius 3 is 1.57 bits per heavy atom. The third-order valence-electron chi connectivity index (χ3n) is 10.00. The number of hydrogen-bond donors (Lipinski definition) is 0. The van der Waals surface area contributed by atoms with Gasteiger partial charge in [-0.1, -0.05) is 188 Å². The van der Waals surface area contributed by atoms with Crippen LogP contribution in [0.4, 0.5) is 0 Å². The lowest BCUT2D eigenvalue weighted by atomic mass is 9.67. The van der Waals surface area contributed by atoms with Gasteiger partial charge in [-0.15, -0.1) is 0 Å². The van der Waals surface area contributed by atoms with Crippen LogP contribution in [0.3, 0.4) is 0 Å². The van der Waals surface area contributed by atoms with Crippen molar-refractivity contribution < 1.29 is 13.7 Å². The quantitative estimate of drug-likeness (QED) is 0.175. The lowest BCUT2D eigenvalue weighted by Crippen LogP contribution is -2.28. The Balaban J connectivity index is 1.21. The molecule has 1 aliphatic rings. The molecule has 0 amide bonds. The Labute approximate surface area is 323 Å². The number of benzene rings is 8. The summed E-state index contributed by atoms with van der Waals surface area (Å²) < 4.78 is 84.9. The van der Waals surface area contributed by atoms with Crippen molar-refractivity contribution in [3.63, 3.8) is 0 Å². The maximum Gasteiger partial charge on any atom is 0.164 e. The summed E-state index contributed by atoms with van der Waals surface area (Å²) in [6, 6.07) is 41.9. The summed E-state index contributed by atoms with van der Waals surface area (Å²) >= 11 is 0. The van der Waals surface area contributed by atoms with Gasteiger partial charge in [0.2, 0.25) is 0 Å². The minimum Gasteiger partial charge on any atom is -0.208 e. The van der Waals surface area contributed by atoms with Crippen LogP contribution in [0.2, 0.25) is 0 Å². The van der Waals surface area contributed by atoms with E-state index in [1.54, 1.807) is 6.07 Å². The standard InChI is InChI=1S/C50H33N3/c1-5-16-35(17-6-1)47-51-48(36-18-7-2-8-19-36)53-49(52-47)43-26-15-20-34-28-29-37(32-44(34)43)38-30-31-42-41-25-13-14-27-45(41)50(46(42)33-38,39-21-9-3-10-22-39)40-23-11-4-12-24-40/h1-33H/i1D,2D,5D,6D,7D,8D,16D,17D,18D,19D. The van der Waals surface area contributed by atoms with Crippen molar-refractivity contribution in [2.24, 2.45) is 0 Å². The lowest BCUT2D eigenvalue weighted by molar-refractivity contribution is 0.769. The van der Waals surface area contributed by atoms with Crippen LogP contribution in [0.5, 0.6) is 0 Å². The van der Waals surface area contributed by atoms with E-state index in [1.807, 2.05) is 42.5 Å². The fourth-order valence-electron chi connectivity index (χ4n) is 7.71. The summed E-state index contributed by atoms with van der Waals surface area (Å²) in [6.07, 6.45) is 0. The van der Waals surface area contributed by atoms with Crippen molar-refractivity contribution in [1.82, 2.24) is 15.0 Å². The minimum absolute atomic E-state index is 0.00736.